The van der Waals surface area contributed by atoms with Gasteiger partial charge in [-0.05, 0) is 19.4 Å². The van der Waals surface area contributed by atoms with E-state index in [2.05, 4.69) is 20.6 Å². The van der Waals surface area contributed by atoms with Gasteiger partial charge in [0.25, 0.3) is 0 Å². The molecule has 1 saturated heterocycles. The summed E-state index contributed by atoms with van der Waals surface area (Å²) in [6, 6.07) is 0.199. The first-order valence-electron chi connectivity index (χ1n) is 6.39. The molecule has 6 heteroatoms. The van der Waals surface area contributed by atoms with Crippen molar-refractivity contribution < 1.29 is 4.52 Å². The van der Waals surface area contributed by atoms with Gasteiger partial charge in [-0.15, -0.1) is 0 Å². The maximum atomic E-state index is 5.36. The lowest BCUT2D eigenvalue weighted by Crippen LogP contribution is -2.20. The molecule has 3 heterocycles. The third kappa shape index (κ3) is 2.28. The summed E-state index contributed by atoms with van der Waals surface area (Å²) >= 11 is 0. The number of hydrogen-bond donors (Lipinski definition) is 1. The summed E-state index contributed by atoms with van der Waals surface area (Å²) in [5.74, 6) is 1.31. The second kappa shape index (κ2) is 4.89. The predicted octanol–water partition coefficient (Wildman–Crippen LogP) is 1.67. The van der Waals surface area contributed by atoms with Gasteiger partial charge in [0, 0.05) is 13.2 Å². The molecule has 6 nitrogen and oxygen atoms in total. The van der Waals surface area contributed by atoms with Crippen LogP contribution in [0.3, 0.4) is 0 Å². The molecule has 0 aliphatic carbocycles. The van der Waals surface area contributed by atoms with E-state index in [1.54, 1.807) is 10.9 Å². The molecule has 0 saturated carbocycles. The van der Waals surface area contributed by atoms with Gasteiger partial charge in [-0.2, -0.15) is 10.1 Å². The standard InChI is InChI=1S/C12H17N5O/c1-17-8-9(7-14-17)11-15-12(18-16-11)10-5-3-2-4-6-13-10/h7-8,10,13H,2-6H2,1H3. The second-order valence-electron chi connectivity index (χ2n) is 4.71. The van der Waals surface area contributed by atoms with E-state index < -0.39 is 0 Å². The Hall–Kier alpha value is -1.69. The molecule has 0 bridgehead atoms. The maximum Gasteiger partial charge on any atom is 0.244 e. The lowest BCUT2D eigenvalue weighted by Gasteiger charge is -2.09. The molecule has 18 heavy (non-hydrogen) atoms. The van der Waals surface area contributed by atoms with Crippen LogP contribution in [0.1, 0.15) is 37.6 Å². The van der Waals surface area contributed by atoms with E-state index in [9.17, 15) is 0 Å². The highest BCUT2D eigenvalue weighted by atomic mass is 16.5. The molecule has 0 radical (unpaired) electrons. The zero-order valence-corrected chi connectivity index (χ0v) is 10.5. The lowest BCUT2D eigenvalue weighted by atomic mass is 10.1. The van der Waals surface area contributed by atoms with Crippen LogP contribution in [0.25, 0.3) is 11.4 Å². The maximum absolute atomic E-state index is 5.36. The van der Waals surface area contributed by atoms with E-state index in [4.69, 9.17) is 4.52 Å². The average Bonchev–Trinajstić information content (AvgIpc) is 2.92. The highest BCUT2D eigenvalue weighted by Crippen LogP contribution is 2.23. The molecule has 0 amide bonds. The number of rotatable bonds is 2. The Bertz CT molecular complexity index is 510. The van der Waals surface area contributed by atoms with E-state index in [1.165, 1.54) is 19.3 Å². The normalized spacial score (nSPS) is 20.8. The smallest absolute Gasteiger partial charge is 0.244 e. The van der Waals surface area contributed by atoms with Gasteiger partial charge in [-0.25, -0.2) is 0 Å². The van der Waals surface area contributed by atoms with Gasteiger partial charge in [0.1, 0.15) is 0 Å². The molecule has 1 N–H and O–H groups in total. The monoisotopic (exact) mass is 247 g/mol. The number of aryl methyl sites for hydroxylation is 1. The summed E-state index contributed by atoms with van der Waals surface area (Å²) in [7, 11) is 1.87. The van der Waals surface area contributed by atoms with Crippen molar-refractivity contribution in [1.82, 2.24) is 25.2 Å². The van der Waals surface area contributed by atoms with Gasteiger partial charge in [0.05, 0.1) is 17.8 Å². The van der Waals surface area contributed by atoms with Crippen LogP contribution in [0.5, 0.6) is 0 Å². The zero-order chi connectivity index (χ0) is 12.4. The SMILES string of the molecule is Cn1cc(-c2noc(C3CCCCCN3)n2)cn1. The van der Waals surface area contributed by atoms with Gasteiger partial charge >= 0.3 is 0 Å². The van der Waals surface area contributed by atoms with Gasteiger partial charge in [0.2, 0.25) is 11.7 Å². The van der Waals surface area contributed by atoms with E-state index in [1.807, 2.05) is 13.2 Å². The molecule has 96 valence electrons. The summed E-state index contributed by atoms with van der Waals surface area (Å²) in [4.78, 5) is 4.47. The van der Waals surface area contributed by atoms with Crippen LogP contribution in [-0.4, -0.2) is 26.5 Å². The van der Waals surface area contributed by atoms with Gasteiger partial charge < -0.3 is 9.84 Å². The summed E-state index contributed by atoms with van der Waals surface area (Å²) in [6.45, 7) is 1.02. The first-order valence-corrected chi connectivity index (χ1v) is 6.39. The summed E-state index contributed by atoms with van der Waals surface area (Å²) in [6.07, 6.45) is 8.40. The first-order chi connectivity index (χ1) is 8.83. The molecule has 1 aliphatic rings. The van der Waals surface area contributed by atoms with Crippen molar-refractivity contribution in [1.29, 1.82) is 0 Å². The fourth-order valence-electron chi connectivity index (χ4n) is 2.27. The van der Waals surface area contributed by atoms with E-state index in [0.717, 1.165) is 18.5 Å². The van der Waals surface area contributed by atoms with Crippen molar-refractivity contribution in [2.45, 2.75) is 31.7 Å². The molecule has 1 fully saturated rings. The van der Waals surface area contributed by atoms with Gasteiger partial charge in [0.15, 0.2) is 0 Å². The zero-order valence-electron chi connectivity index (χ0n) is 10.5. The Morgan fingerprint density at radius 2 is 2.33 bits per heavy atom. The minimum Gasteiger partial charge on any atom is -0.337 e. The van der Waals surface area contributed by atoms with Crippen LogP contribution in [0, 0.1) is 0 Å². The van der Waals surface area contributed by atoms with E-state index in [-0.39, 0.29) is 6.04 Å². The topological polar surface area (TPSA) is 68.8 Å². The predicted molar refractivity (Wildman–Crippen MR) is 65.7 cm³/mol. The Morgan fingerprint density at radius 3 is 3.17 bits per heavy atom. The molecular weight excluding hydrogens is 230 g/mol. The minimum atomic E-state index is 0.199. The fraction of sp³-hybridized carbons (Fsp3) is 0.583. The Morgan fingerprint density at radius 1 is 1.39 bits per heavy atom. The largest absolute Gasteiger partial charge is 0.337 e. The van der Waals surface area contributed by atoms with Crippen LogP contribution in [0.15, 0.2) is 16.9 Å². The van der Waals surface area contributed by atoms with Crippen molar-refractivity contribution in [3.05, 3.63) is 18.3 Å². The van der Waals surface area contributed by atoms with Crippen LogP contribution in [-0.2, 0) is 7.05 Å². The van der Waals surface area contributed by atoms with Crippen LogP contribution in [0.4, 0.5) is 0 Å². The molecule has 1 unspecified atom stereocenters. The van der Waals surface area contributed by atoms with Crippen molar-refractivity contribution in [2.24, 2.45) is 7.05 Å². The number of hydrogen-bond acceptors (Lipinski definition) is 5. The van der Waals surface area contributed by atoms with Crippen LogP contribution in [0.2, 0.25) is 0 Å². The van der Waals surface area contributed by atoms with Crippen molar-refractivity contribution in [3.8, 4) is 11.4 Å². The Kier molecular flexibility index (Phi) is 3.10. The quantitative estimate of drug-likeness (QED) is 0.874. The van der Waals surface area contributed by atoms with Crippen molar-refractivity contribution >= 4 is 0 Å². The highest BCUT2D eigenvalue weighted by Gasteiger charge is 2.20. The Labute approximate surface area is 105 Å². The van der Waals surface area contributed by atoms with Crippen LogP contribution < -0.4 is 5.32 Å². The molecule has 1 atom stereocenters. The van der Waals surface area contributed by atoms with E-state index >= 15 is 0 Å². The summed E-state index contributed by atoms with van der Waals surface area (Å²) in [5, 5.41) is 11.6. The lowest BCUT2D eigenvalue weighted by molar-refractivity contribution is 0.327. The summed E-state index contributed by atoms with van der Waals surface area (Å²) in [5.41, 5.74) is 0.890. The number of nitrogens with one attached hydrogen (secondary N) is 1. The summed E-state index contributed by atoms with van der Waals surface area (Å²) < 4.78 is 7.09. The van der Waals surface area contributed by atoms with E-state index in [0.29, 0.717) is 11.7 Å². The van der Waals surface area contributed by atoms with Gasteiger partial charge in [-0.1, -0.05) is 18.0 Å². The highest BCUT2D eigenvalue weighted by molar-refractivity contribution is 5.51. The molecule has 0 aromatic carbocycles. The molecule has 2 aromatic heterocycles. The average molecular weight is 247 g/mol. The second-order valence-corrected chi connectivity index (χ2v) is 4.71. The third-order valence-corrected chi connectivity index (χ3v) is 3.26. The first kappa shape index (κ1) is 11.4. The molecule has 3 rings (SSSR count). The minimum absolute atomic E-state index is 0.199. The van der Waals surface area contributed by atoms with Crippen molar-refractivity contribution in [2.75, 3.05) is 6.54 Å². The third-order valence-electron chi connectivity index (χ3n) is 3.26. The molecule has 2 aromatic rings. The Balaban J connectivity index is 1.80. The van der Waals surface area contributed by atoms with Crippen LogP contribution >= 0.6 is 0 Å². The molecular formula is C12H17N5O. The molecule has 0 spiro atoms. The molecule has 1 aliphatic heterocycles. The van der Waals surface area contributed by atoms with Crippen molar-refractivity contribution in [3.63, 3.8) is 0 Å². The number of aromatic nitrogens is 4. The fourth-order valence-corrected chi connectivity index (χ4v) is 2.27. The number of nitrogens with zero attached hydrogens (tertiary/aromatic N) is 4. The van der Waals surface area contributed by atoms with Gasteiger partial charge in [-0.3, -0.25) is 4.68 Å².